The fourth-order valence-corrected chi connectivity index (χ4v) is 6.74. The first-order valence-electron chi connectivity index (χ1n) is 12.6. The summed E-state index contributed by atoms with van der Waals surface area (Å²) >= 11 is 3.46. The van der Waals surface area contributed by atoms with Crippen molar-refractivity contribution in [2.75, 3.05) is 37.7 Å². The van der Waals surface area contributed by atoms with E-state index in [0.29, 0.717) is 51.5 Å². The highest BCUT2D eigenvalue weighted by atomic mass is 79.9. The van der Waals surface area contributed by atoms with Gasteiger partial charge in [-0.1, -0.05) is 28.1 Å². The van der Waals surface area contributed by atoms with Crippen LogP contribution in [0.2, 0.25) is 0 Å². The number of anilines is 1. The Hall–Kier alpha value is -2.73. The molecule has 1 atom stereocenters. The number of ketones is 1. The van der Waals surface area contributed by atoms with Gasteiger partial charge in [-0.25, -0.2) is 22.8 Å². The number of carbonyl (C=O) groups excluding carboxylic acids is 1. The molecule has 0 aliphatic carbocycles. The summed E-state index contributed by atoms with van der Waals surface area (Å²) in [5.41, 5.74) is 2.42. The number of morpholine rings is 1. The van der Waals surface area contributed by atoms with Gasteiger partial charge in [0, 0.05) is 41.8 Å². The summed E-state index contributed by atoms with van der Waals surface area (Å²) in [4.78, 5) is 24.9. The summed E-state index contributed by atoms with van der Waals surface area (Å²) in [6, 6.07) is 13.7. The van der Waals surface area contributed by atoms with Crippen LogP contribution in [0.4, 0.5) is 10.3 Å². The van der Waals surface area contributed by atoms with E-state index in [1.165, 1.54) is 16.4 Å². The minimum atomic E-state index is -3.90. The molecule has 2 fully saturated rings. The zero-order chi connectivity index (χ0) is 26.7. The molecule has 2 saturated heterocycles. The van der Waals surface area contributed by atoms with Crippen molar-refractivity contribution < 1.29 is 22.3 Å². The molecular weight excluding hydrogens is 575 g/mol. The second-order valence-corrected chi connectivity index (χ2v) is 12.2. The van der Waals surface area contributed by atoms with E-state index in [9.17, 15) is 17.6 Å². The predicted molar refractivity (Wildman–Crippen MR) is 145 cm³/mol. The number of hydrogen-bond donors (Lipinski definition) is 0. The smallest absolute Gasteiger partial charge is 0.243 e. The Morgan fingerprint density at radius 2 is 1.74 bits per heavy atom. The van der Waals surface area contributed by atoms with Gasteiger partial charge in [-0.3, -0.25) is 4.79 Å². The molecule has 2 aliphatic rings. The maximum absolute atomic E-state index is 13.3. The molecule has 0 N–H and O–H groups in total. The molecule has 0 bridgehead atoms. The molecule has 3 heterocycles. The zero-order valence-corrected chi connectivity index (χ0v) is 23.1. The number of aromatic nitrogens is 2. The lowest BCUT2D eigenvalue weighted by molar-refractivity contribution is -0.122. The lowest BCUT2D eigenvalue weighted by Gasteiger charge is -2.27. The molecule has 2 aliphatic heterocycles. The van der Waals surface area contributed by atoms with Gasteiger partial charge in [-0.2, -0.15) is 4.31 Å². The Kier molecular flexibility index (Phi) is 8.18. The third kappa shape index (κ3) is 5.96. The van der Waals surface area contributed by atoms with Crippen molar-refractivity contribution in [3.8, 4) is 11.3 Å². The van der Waals surface area contributed by atoms with Gasteiger partial charge in [0.05, 0.1) is 29.8 Å². The molecule has 0 radical (unpaired) electrons. The lowest BCUT2D eigenvalue weighted by atomic mass is 10.0. The number of Topliss-reactive ketones (excluding diaryl/α,β-unsaturated/α-hetero) is 1. The summed E-state index contributed by atoms with van der Waals surface area (Å²) in [5.74, 6) is -0.0655. The summed E-state index contributed by atoms with van der Waals surface area (Å²) in [6.45, 7) is 2.82. The van der Waals surface area contributed by atoms with Crippen molar-refractivity contribution >= 4 is 37.7 Å². The average Bonchev–Trinajstić information content (AvgIpc) is 3.44. The number of halogens is 2. The fourth-order valence-electron chi connectivity index (χ4n) is 4.79. The van der Waals surface area contributed by atoms with Crippen LogP contribution < -0.4 is 4.90 Å². The minimum Gasteiger partial charge on any atom is -0.378 e. The Morgan fingerprint density at radius 1 is 1.03 bits per heavy atom. The Labute approximate surface area is 230 Å². The molecule has 11 heteroatoms. The van der Waals surface area contributed by atoms with E-state index in [0.717, 1.165) is 33.6 Å². The fraction of sp³-hybridized carbons (Fsp3) is 0.370. The molecular formula is C27H28BrFN4O4S. The van der Waals surface area contributed by atoms with Crippen molar-refractivity contribution in [2.24, 2.45) is 0 Å². The third-order valence-electron chi connectivity index (χ3n) is 6.82. The maximum atomic E-state index is 13.3. The standard InChI is InChI=1S/C27H28BrFN4O4S/c28-20-5-3-19(4-6-20)24-18-22(30-27(31-24)32-14-16-37-17-15-32)9-12-26(34)25-2-1-13-33(25)38(35,36)23-10-7-21(29)8-11-23/h3-8,10-11,18,25H,1-2,9,12-17H2/t25-/m0/s1. The van der Waals surface area contributed by atoms with Crippen LogP contribution in [0.3, 0.4) is 0 Å². The predicted octanol–water partition coefficient (Wildman–Crippen LogP) is 4.24. The first kappa shape index (κ1) is 26.9. The van der Waals surface area contributed by atoms with Gasteiger partial charge in [-0.05, 0) is 61.7 Å². The summed E-state index contributed by atoms with van der Waals surface area (Å²) in [7, 11) is -3.90. The quantitative estimate of drug-likeness (QED) is 0.381. The van der Waals surface area contributed by atoms with Gasteiger partial charge in [0.2, 0.25) is 16.0 Å². The number of aryl methyl sites for hydroxylation is 1. The van der Waals surface area contributed by atoms with Gasteiger partial charge < -0.3 is 9.64 Å². The number of ether oxygens (including phenoxy) is 1. The summed E-state index contributed by atoms with van der Waals surface area (Å²) in [6.07, 6.45) is 1.58. The first-order chi connectivity index (χ1) is 18.3. The van der Waals surface area contributed by atoms with Crippen molar-refractivity contribution in [3.63, 3.8) is 0 Å². The monoisotopic (exact) mass is 602 g/mol. The Bertz CT molecular complexity index is 1400. The number of sulfonamides is 1. The van der Waals surface area contributed by atoms with Crippen LogP contribution in [0.1, 0.15) is 25.0 Å². The largest absolute Gasteiger partial charge is 0.378 e. The molecule has 5 rings (SSSR count). The number of nitrogens with zero attached hydrogens (tertiary/aromatic N) is 4. The van der Waals surface area contributed by atoms with Crippen molar-refractivity contribution in [1.82, 2.24) is 14.3 Å². The normalized spacial score (nSPS) is 18.6. The van der Waals surface area contributed by atoms with Crippen LogP contribution in [-0.4, -0.2) is 67.4 Å². The SMILES string of the molecule is O=C(CCc1cc(-c2ccc(Br)cc2)nc(N2CCOCC2)n1)[C@@H]1CCCN1S(=O)(=O)c1ccc(F)cc1. The molecule has 3 aromatic rings. The number of rotatable bonds is 8. The van der Waals surface area contributed by atoms with Gasteiger partial charge in [0.25, 0.3) is 0 Å². The Morgan fingerprint density at radius 3 is 2.45 bits per heavy atom. The van der Waals surface area contributed by atoms with Gasteiger partial charge >= 0.3 is 0 Å². The highest BCUT2D eigenvalue weighted by Crippen LogP contribution is 2.28. The van der Waals surface area contributed by atoms with E-state index in [1.807, 2.05) is 30.3 Å². The van der Waals surface area contributed by atoms with E-state index >= 15 is 0 Å². The van der Waals surface area contributed by atoms with Gasteiger partial charge in [0.15, 0.2) is 5.78 Å². The summed E-state index contributed by atoms with van der Waals surface area (Å²) < 4.78 is 47.4. The minimum absolute atomic E-state index is 0.0105. The topological polar surface area (TPSA) is 92.7 Å². The second kappa shape index (κ2) is 11.6. The molecule has 0 unspecified atom stereocenters. The highest BCUT2D eigenvalue weighted by Gasteiger charge is 2.39. The molecule has 1 aromatic heterocycles. The second-order valence-electron chi connectivity index (χ2n) is 9.34. The first-order valence-corrected chi connectivity index (χ1v) is 14.8. The van der Waals surface area contributed by atoms with Gasteiger partial charge in [0.1, 0.15) is 5.82 Å². The molecule has 0 saturated carbocycles. The van der Waals surface area contributed by atoms with Gasteiger partial charge in [-0.15, -0.1) is 0 Å². The van der Waals surface area contributed by atoms with Crippen LogP contribution in [0.5, 0.6) is 0 Å². The summed E-state index contributed by atoms with van der Waals surface area (Å²) in [5, 5.41) is 0. The maximum Gasteiger partial charge on any atom is 0.243 e. The zero-order valence-electron chi connectivity index (χ0n) is 20.7. The molecule has 8 nitrogen and oxygen atoms in total. The third-order valence-corrected chi connectivity index (χ3v) is 9.28. The van der Waals surface area contributed by atoms with Crippen LogP contribution >= 0.6 is 15.9 Å². The molecule has 0 spiro atoms. The number of carbonyl (C=O) groups is 1. The van der Waals surface area contributed by atoms with Crippen LogP contribution in [0.15, 0.2) is 64.0 Å². The van der Waals surface area contributed by atoms with E-state index in [2.05, 4.69) is 20.8 Å². The van der Waals surface area contributed by atoms with Crippen molar-refractivity contribution in [2.45, 2.75) is 36.6 Å². The number of benzene rings is 2. The highest BCUT2D eigenvalue weighted by molar-refractivity contribution is 9.10. The van der Waals surface area contributed by atoms with E-state index in [-0.39, 0.29) is 23.6 Å². The average molecular weight is 604 g/mol. The Balaban J connectivity index is 1.35. The lowest BCUT2D eigenvalue weighted by Crippen LogP contribution is -2.40. The molecule has 0 amide bonds. The molecule has 38 heavy (non-hydrogen) atoms. The molecule has 200 valence electrons. The van der Waals surface area contributed by atoms with E-state index in [1.54, 1.807) is 0 Å². The van der Waals surface area contributed by atoms with Crippen molar-refractivity contribution in [1.29, 1.82) is 0 Å². The van der Waals surface area contributed by atoms with Crippen LogP contribution in [0.25, 0.3) is 11.3 Å². The van der Waals surface area contributed by atoms with Crippen LogP contribution in [0, 0.1) is 5.82 Å². The number of hydrogen-bond acceptors (Lipinski definition) is 7. The van der Waals surface area contributed by atoms with E-state index < -0.39 is 21.9 Å². The molecule has 2 aromatic carbocycles. The van der Waals surface area contributed by atoms with E-state index in [4.69, 9.17) is 14.7 Å². The van der Waals surface area contributed by atoms with Crippen LogP contribution in [-0.2, 0) is 26.0 Å². The van der Waals surface area contributed by atoms with Crippen molar-refractivity contribution in [3.05, 3.63) is 70.6 Å².